The van der Waals surface area contributed by atoms with Gasteiger partial charge in [0.1, 0.15) is 17.6 Å². The largest absolute Gasteiger partial charge is 0.366 e. The molecule has 0 aliphatic carbocycles. The summed E-state index contributed by atoms with van der Waals surface area (Å²) in [6.07, 6.45) is 1.71. The van der Waals surface area contributed by atoms with E-state index in [1.807, 2.05) is 44.4 Å². The van der Waals surface area contributed by atoms with Gasteiger partial charge >= 0.3 is 0 Å². The summed E-state index contributed by atoms with van der Waals surface area (Å²) in [4.78, 5) is 10.8. The average Bonchev–Trinajstić information content (AvgIpc) is 2.84. The molecule has 3 rings (SSSR count). The van der Waals surface area contributed by atoms with Crippen LogP contribution in [0, 0.1) is 11.3 Å². The van der Waals surface area contributed by atoms with Gasteiger partial charge in [-0.05, 0) is 24.3 Å². The maximum Gasteiger partial charge on any atom is 0.140 e. The average molecular weight is 277 g/mol. The van der Waals surface area contributed by atoms with Crippen molar-refractivity contribution in [1.29, 1.82) is 5.26 Å². The molecule has 0 radical (unpaired) electrons. The second kappa shape index (κ2) is 5.25. The lowest BCUT2D eigenvalue weighted by molar-refractivity contribution is 0.774. The highest BCUT2D eigenvalue weighted by Gasteiger charge is 2.10. The molecule has 0 bridgehead atoms. The summed E-state index contributed by atoms with van der Waals surface area (Å²) in [7, 11) is 4.01. The van der Waals surface area contributed by atoms with E-state index in [2.05, 4.69) is 25.5 Å². The predicted octanol–water partition coefficient (Wildman–Crippen LogP) is 2.48. The summed E-state index contributed by atoms with van der Waals surface area (Å²) in [6, 6.07) is 13.7. The molecule has 2 heterocycles. The number of anilines is 1. The molecule has 0 aliphatic rings. The Labute approximate surface area is 123 Å². The van der Waals surface area contributed by atoms with Gasteiger partial charge in [0, 0.05) is 14.1 Å². The predicted molar refractivity (Wildman–Crippen MR) is 81.8 cm³/mol. The molecule has 3 aromatic rings. The molecule has 5 nitrogen and oxygen atoms in total. The second-order valence-electron chi connectivity index (χ2n) is 4.95. The van der Waals surface area contributed by atoms with E-state index in [-0.39, 0.29) is 0 Å². The number of aryl methyl sites for hydroxylation is 1. The zero-order valence-electron chi connectivity index (χ0n) is 12.0. The molecule has 0 saturated carbocycles. The molecule has 0 unspecified atom stereocenters. The number of para-hydroxylation sites is 2. The normalized spacial score (nSPS) is 10.5. The van der Waals surface area contributed by atoms with Gasteiger partial charge in [-0.2, -0.15) is 5.26 Å². The molecule has 0 amide bonds. The number of benzene rings is 1. The minimum Gasteiger partial charge on any atom is -0.366 e. The van der Waals surface area contributed by atoms with Crippen molar-refractivity contribution >= 4 is 16.7 Å². The number of aromatic nitrogens is 3. The SMILES string of the molecule is CN(Cc1nc2ccccc2n1C)c1ccc(C#N)nc1. The Morgan fingerprint density at radius 1 is 1.24 bits per heavy atom. The Morgan fingerprint density at radius 2 is 2.05 bits per heavy atom. The lowest BCUT2D eigenvalue weighted by Crippen LogP contribution is -2.19. The molecule has 0 saturated heterocycles. The summed E-state index contributed by atoms with van der Waals surface area (Å²) >= 11 is 0. The summed E-state index contributed by atoms with van der Waals surface area (Å²) < 4.78 is 2.10. The van der Waals surface area contributed by atoms with Crippen LogP contribution in [0.15, 0.2) is 42.6 Å². The van der Waals surface area contributed by atoms with Crippen LogP contribution in [0.2, 0.25) is 0 Å². The first-order valence-electron chi connectivity index (χ1n) is 6.66. The molecule has 2 aromatic heterocycles. The molecule has 0 spiro atoms. The van der Waals surface area contributed by atoms with E-state index in [4.69, 9.17) is 5.26 Å². The maximum atomic E-state index is 8.78. The van der Waals surface area contributed by atoms with Crippen LogP contribution in [0.25, 0.3) is 11.0 Å². The van der Waals surface area contributed by atoms with E-state index >= 15 is 0 Å². The molecule has 0 aliphatic heterocycles. The number of rotatable bonds is 3. The molecule has 104 valence electrons. The Hall–Kier alpha value is -2.87. The third-order valence-corrected chi connectivity index (χ3v) is 3.56. The van der Waals surface area contributed by atoms with Crippen LogP contribution < -0.4 is 4.90 Å². The molecule has 1 aromatic carbocycles. The number of nitriles is 1. The van der Waals surface area contributed by atoms with Crippen molar-refractivity contribution in [2.24, 2.45) is 7.05 Å². The van der Waals surface area contributed by atoms with Gasteiger partial charge in [0.15, 0.2) is 0 Å². The van der Waals surface area contributed by atoms with E-state index in [1.54, 1.807) is 12.3 Å². The lowest BCUT2D eigenvalue weighted by Gasteiger charge is -2.18. The van der Waals surface area contributed by atoms with Crippen LogP contribution in [-0.4, -0.2) is 21.6 Å². The van der Waals surface area contributed by atoms with E-state index in [0.717, 1.165) is 22.5 Å². The van der Waals surface area contributed by atoms with Crippen LogP contribution in [-0.2, 0) is 13.6 Å². The van der Waals surface area contributed by atoms with Crippen molar-refractivity contribution in [3.8, 4) is 6.07 Å². The molecule has 21 heavy (non-hydrogen) atoms. The Kier molecular flexibility index (Phi) is 3.28. The highest BCUT2D eigenvalue weighted by atomic mass is 15.2. The Balaban J connectivity index is 1.87. The molecular formula is C16H15N5. The number of fused-ring (bicyclic) bond motifs is 1. The quantitative estimate of drug-likeness (QED) is 0.738. The third-order valence-electron chi connectivity index (χ3n) is 3.56. The fourth-order valence-electron chi connectivity index (χ4n) is 2.32. The number of pyridine rings is 1. The van der Waals surface area contributed by atoms with Crippen molar-refractivity contribution < 1.29 is 0 Å². The zero-order chi connectivity index (χ0) is 14.8. The van der Waals surface area contributed by atoms with Gasteiger partial charge in [0.25, 0.3) is 0 Å². The van der Waals surface area contributed by atoms with Gasteiger partial charge in [-0.3, -0.25) is 0 Å². The van der Waals surface area contributed by atoms with Gasteiger partial charge in [-0.1, -0.05) is 12.1 Å². The number of imidazole rings is 1. The molecule has 0 atom stereocenters. The highest BCUT2D eigenvalue weighted by Crippen LogP contribution is 2.18. The molecule has 0 fully saturated rings. The van der Waals surface area contributed by atoms with Crippen molar-refractivity contribution in [3.63, 3.8) is 0 Å². The van der Waals surface area contributed by atoms with Gasteiger partial charge in [0.2, 0.25) is 0 Å². The number of hydrogen-bond donors (Lipinski definition) is 0. The van der Waals surface area contributed by atoms with Crippen molar-refractivity contribution in [2.45, 2.75) is 6.54 Å². The highest BCUT2D eigenvalue weighted by molar-refractivity contribution is 5.75. The summed E-state index contributed by atoms with van der Waals surface area (Å²) in [6.45, 7) is 0.679. The van der Waals surface area contributed by atoms with E-state index in [0.29, 0.717) is 12.2 Å². The monoisotopic (exact) mass is 277 g/mol. The fraction of sp³-hybridized carbons (Fsp3) is 0.188. The molecule has 5 heteroatoms. The van der Waals surface area contributed by atoms with Crippen LogP contribution in [0.1, 0.15) is 11.5 Å². The number of hydrogen-bond acceptors (Lipinski definition) is 4. The molecule has 0 N–H and O–H groups in total. The summed E-state index contributed by atoms with van der Waals surface area (Å²) in [5, 5.41) is 8.78. The topological polar surface area (TPSA) is 57.7 Å². The molecular weight excluding hydrogens is 262 g/mol. The van der Waals surface area contributed by atoms with Gasteiger partial charge in [-0.25, -0.2) is 9.97 Å². The number of nitrogens with zero attached hydrogens (tertiary/aromatic N) is 5. The van der Waals surface area contributed by atoms with Crippen LogP contribution >= 0.6 is 0 Å². The minimum atomic E-state index is 0.426. The first-order valence-corrected chi connectivity index (χ1v) is 6.66. The van der Waals surface area contributed by atoms with Crippen molar-refractivity contribution in [2.75, 3.05) is 11.9 Å². The van der Waals surface area contributed by atoms with Crippen molar-refractivity contribution in [3.05, 3.63) is 54.1 Å². The van der Waals surface area contributed by atoms with Gasteiger partial charge in [-0.15, -0.1) is 0 Å². The minimum absolute atomic E-state index is 0.426. The lowest BCUT2D eigenvalue weighted by atomic mass is 10.3. The van der Waals surface area contributed by atoms with E-state index < -0.39 is 0 Å². The van der Waals surface area contributed by atoms with E-state index in [9.17, 15) is 0 Å². The first kappa shape index (κ1) is 13.1. The Morgan fingerprint density at radius 3 is 2.71 bits per heavy atom. The van der Waals surface area contributed by atoms with E-state index in [1.165, 1.54) is 0 Å². The van der Waals surface area contributed by atoms with Crippen molar-refractivity contribution in [1.82, 2.24) is 14.5 Å². The maximum absolute atomic E-state index is 8.78. The first-order chi connectivity index (χ1) is 10.2. The smallest absolute Gasteiger partial charge is 0.140 e. The van der Waals surface area contributed by atoms with Crippen LogP contribution in [0.4, 0.5) is 5.69 Å². The summed E-state index contributed by atoms with van der Waals surface area (Å²) in [5.74, 6) is 0.989. The van der Waals surface area contributed by atoms with Gasteiger partial charge in [0.05, 0.1) is 29.5 Å². The fourth-order valence-corrected chi connectivity index (χ4v) is 2.32. The zero-order valence-corrected chi connectivity index (χ0v) is 12.0. The standard InChI is InChI=1S/C16H15N5/c1-20(13-8-7-12(9-17)18-10-13)11-16-19-14-5-3-4-6-15(14)21(16)2/h3-8,10H,11H2,1-2H3. The van der Waals surface area contributed by atoms with Crippen LogP contribution in [0.5, 0.6) is 0 Å². The second-order valence-corrected chi connectivity index (χ2v) is 4.95. The Bertz CT molecular complexity index is 811. The van der Waals surface area contributed by atoms with Gasteiger partial charge < -0.3 is 9.47 Å². The van der Waals surface area contributed by atoms with Crippen LogP contribution in [0.3, 0.4) is 0 Å². The third kappa shape index (κ3) is 2.43. The summed E-state index contributed by atoms with van der Waals surface area (Å²) in [5.41, 5.74) is 3.51.